The fraction of sp³-hybridized carbons (Fsp3) is 0.208. The van der Waals surface area contributed by atoms with E-state index >= 15 is 0 Å². The van der Waals surface area contributed by atoms with Gasteiger partial charge in [-0.05, 0) is 55.0 Å². The second kappa shape index (κ2) is 10.7. The number of hydrogen-bond acceptors (Lipinski definition) is 5. The molecule has 0 fully saturated rings. The van der Waals surface area contributed by atoms with E-state index in [2.05, 4.69) is 5.32 Å². The number of rotatable bonds is 10. The summed E-state index contributed by atoms with van der Waals surface area (Å²) in [4.78, 5) is 12.5. The maximum atomic E-state index is 12.7. The van der Waals surface area contributed by atoms with E-state index in [1.807, 2.05) is 19.1 Å². The highest BCUT2D eigenvalue weighted by atomic mass is 32.2. The Labute approximate surface area is 188 Å². The first-order valence-electron chi connectivity index (χ1n) is 10.2. The number of amides is 1. The molecule has 3 rings (SSSR count). The summed E-state index contributed by atoms with van der Waals surface area (Å²) in [7, 11) is -2.17. The van der Waals surface area contributed by atoms with Gasteiger partial charge in [0.25, 0.3) is 15.9 Å². The minimum Gasteiger partial charge on any atom is -0.491 e. The number of para-hydroxylation sites is 2. The van der Waals surface area contributed by atoms with Gasteiger partial charge in [-0.3, -0.25) is 9.10 Å². The minimum atomic E-state index is -3.66. The summed E-state index contributed by atoms with van der Waals surface area (Å²) in [5.74, 6) is 0.727. The fourth-order valence-electron chi connectivity index (χ4n) is 2.88. The van der Waals surface area contributed by atoms with E-state index < -0.39 is 10.0 Å². The standard InChI is InChI=1S/C24H26N2O5S/c1-3-17-30-23-12-8-7-11-22(23)25-24(27)18-31-20-15-13-19(14-16-20)26(2)32(28,29)21-9-5-4-6-10-21/h4-16H,3,17-18H2,1-2H3,(H,25,27). The van der Waals surface area contributed by atoms with Crippen LogP contribution in [0.3, 0.4) is 0 Å². The van der Waals surface area contributed by atoms with Crippen LogP contribution in [0.25, 0.3) is 0 Å². The van der Waals surface area contributed by atoms with E-state index in [0.29, 0.717) is 29.5 Å². The van der Waals surface area contributed by atoms with Crippen molar-refractivity contribution in [3.63, 3.8) is 0 Å². The smallest absolute Gasteiger partial charge is 0.264 e. The summed E-state index contributed by atoms with van der Waals surface area (Å²) in [6, 6.07) is 21.9. The number of carbonyl (C=O) groups excluding carboxylic acids is 1. The van der Waals surface area contributed by atoms with Crippen molar-refractivity contribution in [2.45, 2.75) is 18.2 Å². The van der Waals surface area contributed by atoms with Crippen LogP contribution in [0.4, 0.5) is 11.4 Å². The minimum absolute atomic E-state index is 0.195. The van der Waals surface area contributed by atoms with E-state index in [9.17, 15) is 13.2 Å². The molecule has 1 N–H and O–H groups in total. The summed E-state index contributed by atoms with van der Waals surface area (Å²) < 4.78 is 37.8. The van der Waals surface area contributed by atoms with Crippen LogP contribution in [0.1, 0.15) is 13.3 Å². The maximum Gasteiger partial charge on any atom is 0.264 e. The first-order valence-corrected chi connectivity index (χ1v) is 11.6. The Morgan fingerprint density at radius 2 is 1.56 bits per heavy atom. The molecule has 0 heterocycles. The maximum absolute atomic E-state index is 12.7. The van der Waals surface area contributed by atoms with Crippen LogP contribution in [-0.2, 0) is 14.8 Å². The van der Waals surface area contributed by atoms with E-state index in [1.54, 1.807) is 66.7 Å². The number of nitrogens with one attached hydrogen (secondary N) is 1. The zero-order valence-electron chi connectivity index (χ0n) is 18.0. The first-order chi connectivity index (χ1) is 15.4. The molecule has 0 spiro atoms. The summed E-state index contributed by atoms with van der Waals surface area (Å²) in [6.45, 7) is 2.37. The molecule has 3 aromatic rings. The molecule has 0 aromatic heterocycles. The molecule has 0 bridgehead atoms. The lowest BCUT2D eigenvalue weighted by molar-refractivity contribution is -0.118. The van der Waals surface area contributed by atoms with Gasteiger partial charge in [-0.1, -0.05) is 37.3 Å². The third-order valence-corrected chi connectivity index (χ3v) is 6.39. The lowest BCUT2D eigenvalue weighted by atomic mass is 10.3. The lowest BCUT2D eigenvalue weighted by Crippen LogP contribution is -2.26. The van der Waals surface area contributed by atoms with Gasteiger partial charge in [0.1, 0.15) is 11.5 Å². The Morgan fingerprint density at radius 3 is 2.25 bits per heavy atom. The average molecular weight is 455 g/mol. The highest BCUT2D eigenvalue weighted by Gasteiger charge is 2.20. The van der Waals surface area contributed by atoms with Crippen molar-refractivity contribution < 1.29 is 22.7 Å². The molecular weight excluding hydrogens is 428 g/mol. The zero-order chi connectivity index (χ0) is 23.0. The van der Waals surface area contributed by atoms with Crippen molar-refractivity contribution in [3.05, 3.63) is 78.9 Å². The van der Waals surface area contributed by atoms with Gasteiger partial charge in [0.05, 0.1) is 22.9 Å². The Balaban J connectivity index is 1.59. The molecule has 0 unspecified atom stereocenters. The highest BCUT2D eigenvalue weighted by Crippen LogP contribution is 2.25. The monoisotopic (exact) mass is 454 g/mol. The van der Waals surface area contributed by atoms with Crippen molar-refractivity contribution >= 4 is 27.3 Å². The quantitative estimate of drug-likeness (QED) is 0.493. The van der Waals surface area contributed by atoms with Crippen LogP contribution in [0.5, 0.6) is 11.5 Å². The predicted octanol–water partition coefficient (Wildman–Crippen LogP) is 4.32. The van der Waals surface area contributed by atoms with Gasteiger partial charge < -0.3 is 14.8 Å². The summed E-state index contributed by atoms with van der Waals surface area (Å²) in [5, 5.41) is 2.78. The van der Waals surface area contributed by atoms with Gasteiger partial charge in [-0.25, -0.2) is 8.42 Å². The normalized spacial score (nSPS) is 10.9. The van der Waals surface area contributed by atoms with E-state index in [4.69, 9.17) is 9.47 Å². The van der Waals surface area contributed by atoms with Gasteiger partial charge in [0.15, 0.2) is 6.61 Å². The van der Waals surface area contributed by atoms with Crippen LogP contribution >= 0.6 is 0 Å². The molecular formula is C24H26N2O5S. The van der Waals surface area contributed by atoms with Crippen LogP contribution in [0.2, 0.25) is 0 Å². The second-order valence-electron chi connectivity index (χ2n) is 6.96. The van der Waals surface area contributed by atoms with Gasteiger partial charge in [-0.2, -0.15) is 0 Å². The van der Waals surface area contributed by atoms with Crippen molar-refractivity contribution in [1.82, 2.24) is 0 Å². The number of nitrogens with zero attached hydrogens (tertiary/aromatic N) is 1. The predicted molar refractivity (Wildman–Crippen MR) is 125 cm³/mol. The summed E-state index contributed by atoms with van der Waals surface area (Å²) in [5.41, 5.74) is 1.06. The Kier molecular flexibility index (Phi) is 7.72. The molecule has 32 heavy (non-hydrogen) atoms. The SMILES string of the molecule is CCCOc1ccccc1NC(=O)COc1ccc(N(C)S(=O)(=O)c2ccccc2)cc1. The Hall–Kier alpha value is -3.52. The molecule has 0 radical (unpaired) electrons. The van der Waals surface area contributed by atoms with Crippen molar-refractivity contribution in [3.8, 4) is 11.5 Å². The van der Waals surface area contributed by atoms with Crippen molar-refractivity contribution in [1.29, 1.82) is 0 Å². The third-order valence-electron chi connectivity index (χ3n) is 4.59. The van der Waals surface area contributed by atoms with E-state index in [0.717, 1.165) is 6.42 Å². The van der Waals surface area contributed by atoms with Gasteiger partial charge in [0, 0.05) is 7.05 Å². The molecule has 0 atom stereocenters. The highest BCUT2D eigenvalue weighted by molar-refractivity contribution is 7.92. The van der Waals surface area contributed by atoms with Crippen LogP contribution in [0, 0.1) is 0 Å². The van der Waals surface area contributed by atoms with E-state index in [1.165, 1.54) is 11.4 Å². The average Bonchev–Trinajstić information content (AvgIpc) is 2.82. The zero-order valence-corrected chi connectivity index (χ0v) is 18.8. The molecule has 0 aliphatic heterocycles. The Morgan fingerprint density at radius 1 is 0.906 bits per heavy atom. The largest absolute Gasteiger partial charge is 0.491 e. The number of hydrogen-bond donors (Lipinski definition) is 1. The topological polar surface area (TPSA) is 84.9 Å². The fourth-order valence-corrected chi connectivity index (χ4v) is 4.10. The molecule has 0 aliphatic rings. The number of carbonyl (C=O) groups is 1. The van der Waals surface area contributed by atoms with Crippen LogP contribution in [-0.4, -0.2) is 34.6 Å². The molecule has 1 amide bonds. The van der Waals surface area contributed by atoms with Gasteiger partial charge in [0.2, 0.25) is 0 Å². The first kappa shape index (κ1) is 23.1. The number of benzene rings is 3. The van der Waals surface area contributed by atoms with Crippen molar-refractivity contribution in [2.75, 3.05) is 29.9 Å². The lowest BCUT2D eigenvalue weighted by Gasteiger charge is -2.19. The number of sulfonamides is 1. The molecule has 0 aliphatic carbocycles. The molecule has 0 saturated heterocycles. The van der Waals surface area contributed by atoms with Crippen LogP contribution < -0.4 is 19.1 Å². The summed E-state index contributed by atoms with van der Waals surface area (Å²) in [6.07, 6.45) is 0.864. The number of ether oxygens (including phenoxy) is 2. The van der Waals surface area contributed by atoms with Crippen LogP contribution in [0.15, 0.2) is 83.8 Å². The Bertz CT molecular complexity index is 1130. The molecule has 7 nitrogen and oxygen atoms in total. The van der Waals surface area contributed by atoms with Gasteiger partial charge in [-0.15, -0.1) is 0 Å². The molecule has 3 aromatic carbocycles. The molecule has 0 saturated carbocycles. The van der Waals surface area contributed by atoms with Crippen molar-refractivity contribution in [2.24, 2.45) is 0 Å². The molecule has 168 valence electrons. The summed E-state index contributed by atoms with van der Waals surface area (Å²) >= 11 is 0. The number of anilines is 2. The van der Waals surface area contributed by atoms with E-state index in [-0.39, 0.29) is 17.4 Å². The third kappa shape index (κ3) is 5.79. The van der Waals surface area contributed by atoms with Gasteiger partial charge >= 0.3 is 0 Å². The second-order valence-corrected chi connectivity index (χ2v) is 8.93. The molecule has 8 heteroatoms.